The molecular formula is C41H30N2. The van der Waals surface area contributed by atoms with Crippen molar-refractivity contribution in [2.75, 3.05) is 0 Å². The second kappa shape index (κ2) is 9.89. The van der Waals surface area contributed by atoms with Crippen molar-refractivity contribution in [1.29, 1.82) is 0 Å². The van der Waals surface area contributed by atoms with Gasteiger partial charge in [0, 0.05) is 27.7 Å². The van der Waals surface area contributed by atoms with E-state index in [1.807, 2.05) is 6.07 Å². The molecule has 6 aromatic carbocycles. The molecule has 43 heavy (non-hydrogen) atoms. The molecule has 0 unspecified atom stereocenters. The summed E-state index contributed by atoms with van der Waals surface area (Å²) in [6.07, 6.45) is 0. The summed E-state index contributed by atoms with van der Waals surface area (Å²) in [7, 11) is 0. The zero-order chi connectivity index (χ0) is 29.0. The first-order valence-corrected chi connectivity index (χ1v) is 14.8. The van der Waals surface area contributed by atoms with E-state index >= 15 is 0 Å². The van der Waals surface area contributed by atoms with Gasteiger partial charge in [-0.05, 0) is 62.9 Å². The summed E-state index contributed by atoms with van der Waals surface area (Å²) in [5.74, 6) is 0.752. The van der Waals surface area contributed by atoms with E-state index in [9.17, 15) is 0 Å². The zero-order valence-corrected chi connectivity index (χ0v) is 24.3. The number of rotatable bonds is 4. The summed E-state index contributed by atoms with van der Waals surface area (Å²) in [6, 6.07) is 51.8. The van der Waals surface area contributed by atoms with Crippen molar-refractivity contribution in [3.05, 3.63) is 157 Å². The number of nitrogens with zero attached hydrogens (tertiary/aromatic N) is 2. The van der Waals surface area contributed by atoms with Gasteiger partial charge >= 0.3 is 0 Å². The molecule has 1 aliphatic rings. The Labute approximate surface area is 252 Å². The topological polar surface area (TPSA) is 25.8 Å². The fourth-order valence-corrected chi connectivity index (χ4v) is 6.62. The average molecular weight is 551 g/mol. The lowest BCUT2D eigenvalue weighted by molar-refractivity contribution is 0.658. The molecule has 8 rings (SSSR count). The van der Waals surface area contributed by atoms with Gasteiger partial charge in [-0.15, -0.1) is 0 Å². The number of benzene rings is 6. The molecule has 0 bridgehead atoms. The Hall–Kier alpha value is -5.34. The van der Waals surface area contributed by atoms with Crippen LogP contribution in [0.25, 0.3) is 66.9 Å². The highest BCUT2D eigenvalue weighted by Gasteiger charge is 2.40. The standard InChI is InChI=1S/C41H30N2/c1-41(2)36-26-33-18-10-9-17-32(33)25-35(36)39-37(41)38(42-40(43-39)28-15-7-4-8-16-28)34-22-12-21-31(24-34)30-20-11-19-29(23-30)27-13-5-3-6-14-27/h3-26H,1-2H3. The fraction of sp³-hybridized carbons (Fsp3) is 0.0732. The number of hydrogen-bond donors (Lipinski definition) is 0. The van der Waals surface area contributed by atoms with Gasteiger partial charge in [0.25, 0.3) is 0 Å². The van der Waals surface area contributed by atoms with Crippen LogP contribution >= 0.6 is 0 Å². The van der Waals surface area contributed by atoms with Crippen molar-refractivity contribution in [3.8, 4) is 56.2 Å². The van der Waals surface area contributed by atoms with Crippen LogP contribution in [0, 0.1) is 0 Å². The number of hydrogen-bond acceptors (Lipinski definition) is 2. The van der Waals surface area contributed by atoms with Crippen molar-refractivity contribution in [2.45, 2.75) is 19.3 Å². The fourth-order valence-electron chi connectivity index (χ4n) is 6.62. The lowest BCUT2D eigenvalue weighted by atomic mass is 9.80. The molecule has 0 atom stereocenters. The highest BCUT2D eigenvalue weighted by Crippen LogP contribution is 2.52. The van der Waals surface area contributed by atoms with Gasteiger partial charge in [0.2, 0.25) is 0 Å². The molecule has 0 spiro atoms. The van der Waals surface area contributed by atoms with Gasteiger partial charge in [-0.1, -0.05) is 135 Å². The molecule has 0 fully saturated rings. The normalized spacial score (nSPS) is 13.1. The zero-order valence-electron chi connectivity index (χ0n) is 24.3. The lowest BCUT2D eigenvalue weighted by Crippen LogP contribution is -2.17. The Morgan fingerprint density at radius 2 is 0.907 bits per heavy atom. The second-order valence-electron chi connectivity index (χ2n) is 11.9. The average Bonchev–Trinajstić information content (AvgIpc) is 3.29. The Morgan fingerprint density at radius 3 is 1.58 bits per heavy atom. The van der Waals surface area contributed by atoms with Crippen LogP contribution in [0.4, 0.5) is 0 Å². The third-order valence-corrected chi connectivity index (χ3v) is 8.82. The number of fused-ring (bicyclic) bond motifs is 4. The predicted molar refractivity (Wildman–Crippen MR) is 179 cm³/mol. The predicted octanol–water partition coefficient (Wildman–Crippen LogP) is 10.6. The van der Waals surface area contributed by atoms with Crippen molar-refractivity contribution in [1.82, 2.24) is 9.97 Å². The van der Waals surface area contributed by atoms with Crippen LogP contribution in [-0.4, -0.2) is 9.97 Å². The summed E-state index contributed by atoms with van der Waals surface area (Å²) in [5, 5.41) is 2.48. The first-order valence-electron chi connectivity index (χ1n) is 14.8. The van der Waals surface area contributed by atoms with Gasteiger partial charge in [0.15, 0.2) is 5.82 Å². The van der Waals surface area contributed by atoms with E-state index in [4.69, 9.17) is 9.97 Å². The first-order chi connectivity index (χ1) is 21.1. The van der Waals surface area contributed by atoms with E-state index in [0.717, 1.165) is 28.3 Å². The molecule has 0 radical (unpaired) electrons. The highest BCUT2D eigenvalue weighted by atomic mass is 14.9. The van der Waals surface area contributed by atoms with E-state index in [1.165, 1.54) is 49.7 Å². The molecule has 0 saturated carbocycles. The molecule has 1 heterocycles. The maximum Gasteiger partial charge on any atom is 0.160 e. The highest BCUT2D eigenvalue weighted by molar-refractivity contribution is 5.95. The SMILES string of the molecule is CC1(C)c2cc3ccccc3cc2-c2nc(-c3ccccc3)nc(-c3cccc(-c4cccc(-c5ccccc5)c4)c3)c21. The summed E-state index contributed by atoms with van der Waals surface area (Å²) in [5.41, 5.74) is 12.4. The van der Waals surface area contributed by atoms with Crippen molar-refractivity contribution in [3.63, 3.8) is 0 Å². The molecule has 1 aromatic heterocycles. The minimum atomic E-state index is -0.261. The van der Waals surface area contributed by atoms with Crippen LogP contribution in [-0.2, 0) is 5.41 Å². The molecule has 2 nitrogen and oxygen atoms in total. The van der Waals surface area contributed by atoms with Gasteiger partial charge in [0.05, 0.1) is 11.4 Å². The van der Waals surface area contributed by atoms with Gasteiger partial charge in [-0.25, -0.2) is 9.97 Å². The molecule has 0 amide bonds. The van der Waals surface area contributed by atoms with Crippen molar-refractivity contribution < 1.29 is 0 Å². The van der Waals surface area contributed by atoms with Crippen LogP contribution in [0.2, 0.25) is 0 Å². The number of aromatic nitrogens is 2. The molecule has 204 valence electrons. The summed E-state index contributed by atoms with van der Waals surface area (Å²) in [6.45, 7) is 4.63. The van der Waals surface area contributed by atoms with Gasteiger partial charge < -0.3 is 0 Å². The molecule has 0 saturated heterocycles. The van der Waals surface area contributed by atoms with Crippen LogP contribution in [0.3, 0.4) is 0 Å². The summed E-state index contributed by atoms with van der Waals surface area (Å²) >= 11 is 0. The summed E-state index contributed by atoms with van der Waals surface area (Å²) < 4.78 is 0. The van der Waals surface area contributed by atoms with E-state index < -0.39 is 0 Å². The van der Waals surface area contributed by atoms with Crippen molar-refractivity contribution in [2.24, 2.45) is 0 Å². The monoisotopic (exact) mass is 550 g/mol. The van der Waals surface area contributed by atoms with Crippen LogP contribution in [0.5, 0.6) is 0 Å². The maximum atomic E-state index is 5.32. The lowest BCUT2D eigenvalue weighted by Gasteiger charge is -2.24. The van der Waals surface area contributed by atoms with Crippen LogP contribution in [0.15, 0.2) is 146 Å². The van der Waals surface area contributed by atoms with E-state index in [0.29, 0.717) is 0 Å². The molecule has 0 N–H and O–H groups in total. The third kappa shape index (κ3) is 4.26. The molecule has 0 aliphatic heterocycles. The molecular weight excluding hydrogens is 520 g/mol. The Balaban J connectivity index is 1.34. The van der Waals surface area contributed by atoms with E-state index in [-0.39, 0.29) is 5.41 Å². The van der Waals surface area contributed by atoms with E-state index in [2.05, 4.69) is 153 Å². The Bertz CT molecular complexity index is 2140. The molecule has 1 aliphatic carbocycles. The molecule has 2 heteroatoms. The van der Waals surface area contributed by atoms with Gasteiger partial charge in [0.1, 0.15) is 0 Å². The van der Waals surface area contributed by atoms with Crippen LogP contribution in [0.1, 0.15) is 25.0 Å². The Morgan fingerprint density at radius 1 is 0.419 bits per heavy atom. The Kier molecular flexibility index (Phi) is 5.84. The summed E-state index contributed by atoms with van der Waals surface area (Å²) in [4.78, 5) is 10.6. The minimum absolute atomic E-state index is 0.261. The smallest absolute Gasteiger partial charge is 0.160 e. The van der Waals surface area contributed by atoms with Gasteiger partial charge in [-0.2, -0.15) is 0 Å². The quantitative estimate of drug-likeness (QED) is 0.218. The van der Waals surface area contributed by atoms with Crippen LogP contribution < -0.4 is 0 Å². The second-order valence-corrected chi connectivity index (χ2v) is 11.9. The van der Waals surface area contributed by atoms with Crippen molar-refractivity contribution >= 4 is 10.8 Å². The third-order valence-electron chi connectivity index (χ3n) is 8.82. The minimum Gasteiger partial charge on any atom is -0.228 e. The van der Waals surface area contributed by atoms with Gasteiger partial charge in [-0.3, -0.25) is 0 Å². The first kappa shape index (κ1) is 25.4. The van der Waals surface area contributed by atoms with E-state index in [1.54, 1.807) is 0 Å². The maximum absolute atomic E-state index is 5.32. The molecule has 7 aromatic rings. The largest absolute Gasteiger partial charge is 0.228 e.